The topological polar surface area (TPSA) is 193 Å². The normalized spacial score (nSPS) is 26.5. The molecule has 0 saturated carbocycles. The second-order valence-corrected chi connectivity index (χ2v) is 7.87. The Morgan fingerprint density at radius 1 is 1.39 bits per heavy atom. The summed E-state index contributed by atoms with van der Waals surface area (Å²) >= 11 is 0. The molecule has 2 heterocycles. The lowest BCUT2D eigenvalue weighted by molar-refractivity contribution is -0.163. The van der Waals surface area contributed by atoms with Gasteiger partial charge in [-0.1, -0.05) is 27.7 Å². The van der Waals surface area contributed by atoms with E-state index in [-0.39, 0.29) is 11.7 Å². The third-order valence-electron chi connectivity index (χ3n) is 4.86. The molecule has 0 aromatic carbocycles. The minimum Gasteiger partial charge on any atom is -0.463 e. The lowest BCUT2D eigenvalue weighted by Crippen LogP contribution is -2.51. The highest BCUT2D eigenvalue weighted by molar-refractivity contribution is 5.76. The minimum atomic E-state index is -2.31. The molecule has 12 nitrogen and oxygen atoms in total. The molecule has 5 atom stereocenters. The van der Waals surface area contributed by atoms with Gasteiger partial charge in [0.25, 0.3) is 5.72 Å². The predicted molar refractivity (Wildman–Crippen MR) is 106 cm³/mol. The van der Waals surface area contributed by atoms with Gasteiger partial charge < -0.3 is 30.8 Å². The fourth-order valence-electron chi connectivity index (χ4n) is 2.89. The first-order valence-corrected chi connectivity index (χ1v) is 9.70. The van der Waals surface area contributed by atoms with Crippen LogP contribution in [0.5, 0.6) is 0 Å². The average Bonchev–Trinajstić information content (AvgIpc) is 2.97. The summed E-state index contributed by atoms with van der Waals surface area (Å²) in [7, 11) is 0. The fraction of sp³-hybridized carbons (Fsp3) is 0.632. The Morgan fingerprint density at radius 2 is 2.03 bits per heavy atom. The van der Waals surface area contributed by atoms with Gasteiger partial charge in [-0.2, -0.15) is 10.2 Å². The number of carbonyl (C=O) groups excluding carboxylic acids is 2. The van der Waals surface area contributed by atoms with Crippen LogP contribution in [0, 0.1) is 23.2 Å². The maximum Gasteiger partial charge on any atom is 0.352 e. The summed E-state index contributed by atoms with van der Waals surface area (Å²) in [5, 5.41) is 20.8. The van der Waals surface area contributed by atoms with Crippen LogP contribution in [0.4, 0.5) is 5.82 Å². The van der Waals surface area contributed by atoms with Gasteiger partial charge in [0, 0.05) is 6.20 Å². The first kappa shape index (κ1) is 24.3. The number of carbonyl (C=O) groups is 2. The first-order valence-electron chi connectivity index (χ1n) is 9.70. The van der Waals surface area contributed by atoms with E-state index >= 15 is 0 Å². The zero-order chi connectivity index (χ0) is 23.5. The number of nitriles is 1. The van der Waals surface area contributed by atoms with Crippen molar-refractivity contribution in [2.45, 2.75) is 57.8 Å². The first-order chi connectivity index (χ1) is 14.4. The largest absolute Gasteiger partial charge is 0.463 e. The van der Waals surface area contributed by atoms with Gasteiger partial charge in [0.1, 0.15) is 30.6 Å². The third-order valence-corrected chi connectivity index (χ3v) is 4.86. The lowest BCUT2D eigenvalue weighted by atomic mass is 10.0. The predicted octanol–water partition coefficient (Wildman–Crippen LogP) is -1.14. The summed E-state index contributed by atoms with van der Waals surface area (Å²) in [6.07, 6.45) is -3.42. The van der Waals surface area contributed by atoms with Gasteiger partial charge in [-0.15, -0.1) is 0 Å². The van der Waals surface area contributed by atoms with Crippen LogP contribution in [0.1, 0.15) is 27.7 Å². The molecule has 1 saturated heterocycles. The van der Waals surface area contributed by atoms with Crippen LogP contribution in [0.15, 0.2) is 17.1 Å². The Hall–Kier alpha value is -3.01. The Morgan fingerprint density at radius 3 is 2.55 bits per heavy atom. The van der Waals surface area contributed by atoms with Crippen molar-refractivity contribution < 1.29 is 28.9 Å². The molecule has 1 aliphatic heterocycles. The molecule has 31 heavy (non-hydrogen) atoms. The molecule has 1 aromatic rings. The van der Waals surface area contributed by atoms with Crippen molar-refractivity contribution >= 4 is 17.8 Å². The average molecular weight is 437 g/mol. The number of nitrogens with two attached hydrogens (primary N) is 2. The Labute approximate surface area is 178 Å². The number of ether oxygens (including phenoxy) is 3. The smallest absolute Gasteiger partial charge is 0.352 e. The quantitative estimate of drug-likeness (QED) is 0.436. The fourth-order valence-corrected chi connectivity index (χ4v) is 2.89. The second kappa shape index (κ2) is 9.42. The molecule has 0 aliphatic carbocycles. The number of aliphatic hydroxyl groups is 1. The highest BCUT2D eigenvalue weighted by Gasteiger charge is 2.59. The van der Waals surface area contributed by atoms with E-state index < -0.39 is 60.2 Å². The highest BCUT2D eigenvalue weighted by atomic mass is 16.6. The van der Waals surface area contributed by atoms with E-state index in [1.807, 2.05) is 0 Å². The van der Waals surface area contributed by atoms with Crippen molar-refractivity contribution in [3.8, 4) is 6.07 Å². The van der Waals surface area contributed by atoms with E-state index in [0.717, 1.165) is 10.8 Å². The molecule has 170 valence electrons. The monoisotopic (exact) mass is 437 g/mol. The van der Waals surface area contributed by atoms with Crippen molar-refractivity contribution in [3.05, 3.63) is 22.7 Å². The Balaban J connectivity index is 2.43. The summed E-state index contributed by atoms with van der Waals surface area (Å²) in [6, 6.07) is 1.97. The molecule has 2 rings (SSSR count). The molecule has 0 bridgehead atoms. The number of aromatic nitrogens is 2. The summed E-state index contributed by atoms with van der Waals surface area (Å²) in [4.78, 5) is 40.2. The van der Waals surface area contributed by atoms with Crippen molar-refractivity contribution in [1.82, 2.24) is 9.55 Å². The minimum absolute atomic E-state index is 0.102. The number of rotatable bonds is 7. The van der Waals surface area contributed by atoms with Crippen LogP contribution >= 0.6 is 0 Å². The van der Waals surface area contributed by atoms with E-state index in [1.54, 1.807) is 33.8 Å². The van der Waals surface area contributed by atoms with Crippen molar-refractivity contribution in [2.24, 2.45) is 17.6 Å². The third kappa shape index (κ3) is 4.84. The zero-order valence-electron chi connectivity index (χ0n) is 17.7. The molecule has 1 aromatic heterocycles. The molecular formula is C19H27N5O7. The van der Waals surface area contributed by atoms with Crippen molar-refractivity contribution in [2.75, 3.05) is 12.3 Å². The van der Waals surface area contributed by atoms with E-state index in [2.05, 4.69) is 4.98 Å². The van der Waals surface area contributed by atoms with Crippen LogP contribution < -0.4 is 17.2 Å². The van der Waals surface area contributed by atoms with Gasteiger partial charge in [-0.3, -0.25) is 14.2 Å². The number of hydrogen-bond donors (Lipinski definition) is 3. The number of anilines is 1. The maximum atomic E-state index is 12.4. The molecule has 0 radical (unpaired) electrons. The number of esters is 2. The second-order valence-electron chi connectivity index (χ2n) is 7.87. The van der Waals surface area contributed by atoms with E-state index in [9.17, 15) is 24.8 Å². The highest BCUT2D eigenvalue weighted by Crippen LogP contribution is 2.36. The van der Waals surface area contributed by atoms with Gasteiger partial charge in [0.15, 0.2) is 12.2 Å². The van der Waals surface area contributed by atoms with Crippen LogP contribution in [0.25, 0.3) is 0 Å². The van der Waals surface area contributed by atoms with Crippen LogP contribution in [0.3, 0.4) is 0 Å². The van der Waals surface area contributed by atoms with Gasteiger partial charge in [-0.25, -0.2) is 4.79 Å². The molecule has 0 spiro atoms. The summed E-state index contributed by atoms with van der Waals surface area (Å²) in [5.74, 6) is -2.24. The number of hydrogen-bond acceptors (Lipinski definition) is 11. The maximum absolute atomic E-state index is 12.4. The van der Waals surface area contributed by atoms with Crippen molar-refractivity contribution in [3.63, 3.8) is 0 Å². The number of nitrogen functional groups attached to an aromatic ring is 1. The standard InChI is InChI=1S/C19H27N5O7/c1-9(2)13(22)17(27)30-14-11(7-29-16(26)10(3)4)31-19(8-20,15(14)25)24-6-5-12(21)23-18(24)28/h5-6,9-11,13-15,25H,7,22H2,1-4H3,(H2,21,23,28)/t11-,13-,14?,15?,19-/m1/s1. The van der Waals surface area contributed by atoms with Crippen LogP contribution in [-0.4, -0.2) is 57.6 Å². The number of nitrogens with zero attached hydrogens (tertiary/aromatic N) is 3. The SMILES string of the molecule is CC(C)C(=O)OC[C@H]1O[C@@](C#N)(n2ccc(N)nc2=O)C(O)C1OC(=O)[C@H](N)C(C)C. The van der Waals surface area contributed by atoms with Crippen molar-refractivity contribution in [1.29, 1.82) is 5.26 Å². The molecule has 0 amide bonds. The van der Waals surface area contributed by atoms with E-state index in [4.69, 9.17) is 25.7 Å². The Bertz CT molecular complexity index is 925. The Kier molecular flexibility index (Phi) is 7.37. The molecular weight excluding hydrogens is 410 g/mol. The molecule has 5 N–H and O–H groups in total. The summed E-state index contributed by atoms with van der Waals surface area (Å²) < 4.78 is 16.9. The molecule has 1 aliphatic rings. The zero-order valence-corrected chi connectivity index (χ0v) is 17.7. The molecule has 12 heteroatoms. The van der Waals surface area contributed by atoms with Crippen LogP contribution in [-0.2, 0) is 29.5 Å². The summed E-state index contributed by atoms with van der Waals surface area (Å²) in [6.45, 7) is 6.20. The summed E-state index contributed by atoms with van der Waals surface area (Å²) in [5.41, 5.74) is 8.03. The molecule has 2 unspecified atom stereocenters. The molecule has 1 fully saturated rings. The van der Waals surface area contributed by atoms with Gasteiger partial charge in [-0.05, 0) is 12.0 Å². The van der Waals surface area contributed by atoms with Gasteiger partial charge in [0.2, 0.25) is 0 Å². The van der Waals surface area contributed by atoms with Gasteiger partial charge >= 0.3 is 17.6 Å². The van der Waals surface area contributed by atoms with E-state index in [0.29, 0.717) is 0 Å². The number of aliphatic hydroxyl groups excluding tert-OH is 1. The van der Waals surface area contributed by atoms with E-state index in [1.165, 1.54) is 6.07 Å². The van der Waals surface area contributed by atoms with Crippen LogP contribution in [0.2, 0.25) is 0 Å². The van der Waals surface area contributed by atoms with Gasteiger partial charge in [0.05, 0.1) is 5.92 Å². The lowest BCUT2D eigenvalue weighted by Gasteiger charge is -2.27.